The summed E-state index contributed by atoms with van der Waals surface area (Å²) in [6, 6.07) is 9.22. The fraction of sp³-hybridized carbons (Fsp3) is 0.333. The molecule has 2 nitrogen and oxygen atoms in total. The second kappa shape index (κ2) is 6.68. The molecule has 0 aliphatic carbocycles. The van der Waals surface area contributed by atoms with Crippen LogP contribution in [0.3, 0.4) is 0 Å². The Balaban J connectivity index is 2.26. The molecule has 1 heterocycles. The van der Waals surface area contributed by atoms with Crippen LogP contribution < -0.4 is 10.2 Å². The van der Waals surface area contributed by atoms with E-state index in [-0.39, 0.29) is 5.82 Å². The first-order valence-electron chi connectivity index (χ1n) is 6.45. The fourth-order valence-corrected chi connectivity index (χ4v) is 2.87. The van der Waals surface area contributed by atoms with E-state index in [4.69, 9.17) is 0 Å². The van der Waals surface area contributed by atoms with E-state index in [0.717, 1.165) is 24.3 Å². The highest BCUT2D eigenvalue weighted by atomic mass is 32.1. The zero-order valence-electron chi connectivity index (χ0n) is 11.3. The SMILES string of the molecule is CCN(Cc1cccs1)c1ccc(F)cc1CNC. The number of hydrogen-bond acceptors (Lipinski definition) is 3. The van der Waals surface area contributed by atoms with Gasteiger partial charge in [-0.25, -0.2) is 4.39 Å². The summed E-state index contributed by atoms with van der Waals surface area (Å²) >= 11 is 1.75. The van der Waals surface area contributed by atoms with E-state index < -0.39 is 0 Å². The Morgan fingerprint density at radius 1 is 1.32 bits per heavy atom. The predicted molar refractivity (Wildman–Crippen MR) is 80.2 cm³/mol. The third kappa shape index (κ3) is 3.55. The van der Waals surface area contributed by atoms with E-state index in [1.807, 2.05) is 13.1 Å². The summed E-state index contributed by atoms with van der Waals surface area (Å²) in [5, 5.41) is 5.18. The third-order valence-electron chi connectivity index (χ3n) is 3.06. The lowest BCUT2D eigenvalue weighted by Crippen LogP contribution is -2.24. The Morgan fingerprint density at radius 2 is 2.16 bits per heavy atom. The van der Waals surface area contributed by atoms with Crippen LogP contribution in [0.25, 0.3) is 0 Å². The summed E-state index contributed by atoms with van der Waals surface area (Å²) in [5.41, 5.74) is 2.10. The summed E-state index contributed by atoms with van der Waals surface area (Å²) < 4.78 is 13.4. The van der Waals surface area contributed by atoms with Crippen molar-refractivity contribution in [2.24, 2.45) is 0 Å². The zero-order chi connectivity index (χ0) is 13.7. The molecule has 102 valence electrons. The Morgan fingerprint density at radius 3 is 2.79 bits per heavy atom. The quantitative estimate of drug-likeness (QED) is 0.868. The van der Waals surface area contributed by atoms with Gasteiger partial charge in [0.25, 0.3) is 0 Å². The van der Waals surface area contributed by atoms with Crippen LogP contribution >= 0.6 is 11.3 Å². The lowest BCUT2D eigenvalue weighted by molar-refractivity contribution is 0.623. The van der Waals surface area contributed by atoms with E-state index in [0.29, 0.717) is 6.54 Å². The lowest BCUT2D eigenvalue weighted by Gasteiger charge is -2.25. The first-order valence-corrected chi connectivity index (χ1v) is 7.33. The van der Waals surface area contributed by atoms with Gasteiger partial charge in [0.15, 0.2) is 0 Å². The molecule has 19 heavy (non-hydrogen) atoms. The smallest absolute Gasteiger partial charge is 0.123 e. The van der Waals surface area contributed by atoms with Gasteiger partial charge in [0, 0.05) is 23.7 Å². The number of rotatable bonds is 6. The molecule has 0 aliphatic rings. The largest absolute Gasteiger partial charge is 0.366 e. The summed E-state index contributed by atoms with van der Waals surface area (Å²) in [6.45, 7) is 4.57. The second-order valence-corrected chi connectivity index (χ2v) is 5.43. The summed E-state index contributed by atoms with van der Waals surface area (Å²) in [6.07, 6.45) is 0. The van der Waals surface area contributed by atoms with Crippen molar-refractivity contribution in [3.63, 3.8) is 0 Å². The van der Waals surface area contributed by atoms with Crippen LogP contribution in [0.2, 0.25) is 0 Å². The van der Waals surface area contributed by atoms with Crippen LogP contribution in [0.5, 0.6) is 0 Å². The first kappa shape index (κ1) is 14.0. The van der Waals surface area contributed by atoms with Crippen LogP contribution in [0.4, 0.5) is 10.1 Å². The summed E-state index contributed by atoms with van der Waals surface area (Å²) in [7, 11) is 1.88. The number of nitrogens with zero attached hydrogens (tertiary/aromatic N) is 1. The maximum Gasteiger partial charge on any atom is 0.123 e. The third-order valence-corrected chi connectivity index (χ3v) is 3.92. The van der Waals surface area contributed by atoms with E-state index in [1.165, 1.54) is 10.9 Å². The molecule has 0 bridgehead atoms. The standard InChI is InChI=1S/C15H19FN2S/c1-3-18(11-14-5-4-8-19-14)15-7-6-13(16)9-12(15)10-17-2/h4-9,17H,3,10-11H2,1-2H3. The summed E-state index contributed by atoms with van der Waals surface area (Å²) in [5.74, 6) is -0.179. The van der Waals surface area contributed by atoms with Crippen molar-refractivity contribution in [3.05, 3.63) is 52.0 Å². The van der Waals surface area contributed by atoms with Gasteiger partial charge in [0.05, 0.1) is 6.54 Å². The predicted octanol–water partition coefficient (Wildman–Crippen LogP) is 3.63. The monoisotopic (exact) mass is 278 g/mol. The number of benzene rings is 1. The number of anilines is 1. The molecular formula is C15H19FN2S. The Hall–Kier alpha value is -1.39. The van der Waals surface area contributed by atoms with Gasteiger partial charge in [0.1, 0.15) is 5.82 Å². The van der Waals surface area contributed by atoms with Gasteiger partial charge in [-0.2, -0.15) is 0 Å². The Kier molecular flexibility index (Phi) is 4.93. The highest BCUT2D eigenvalue weighted by molar-refractivity contribution is 7.09. The number of hydrogen-bond donors (Lipinski definition) is 1. The highest BCUT2D eigenvalue weighted by Crippen LogP contribution is 2.24. The molecule has 0 fully saturated rings. The summed E-state index contributed by atoms with van der Waals surface area (Å²) in [4.78, 5) is 3.60. The van der Waals surface area contributed by atoms with Crippen LogP contribution in [-0.4, -0.2) is 13.6 Å². The minimum absolute atomic E-state index is 0.179. The molecule has 2 rings (SSSR count). The van der Waals surface area contributed by atoms with E-state index in [2.05, 4.69) is 34.7 Å². The topological polar surface area (TPSA) is 15.3 Å². The van der Waals surface area contributed by atoms with Crippen molar-refractivity contribution in [2.75, 3.05) is 18.5 Å². The molecule has 0 spiro atoms. The van der Waals surface area contributed by atoms with Crippen molar-refractivity contribution in [1.82, 2.24) is 5.32 Å². The molecule has 1 aromatic heterocycles. The second-order valence-electron chi connectivity index (χ2n) is 4.40. The molecule has 0 unspecified atom stereocenters. The minimum Gasteiger partial charge on any atom is -0.366 e. The Bertz CT molecular complexity index is 511. The molecule has 0 saturated heterocycles. The molecular weight excluding hydrogens is 259 g/mol. The maximum absolute atomic E-state index is 13.4. The molecule has 0 amide bonds. The van der Waals surface area contributed by atoms with Gasteiger partial charge in [0.2, 0.25) is 0 Å². The van der Waals surface area contributed by atoms with E-state index in [9.17, 15) is 4.39 Å². The van der Waals surface area contributed by atoms with Crippen molar-refractivity contribution in [1.29, 1.82) is 0 Å². The normalized spacial score (nSPS) is 10.7. The molecule has 0 atom stereocenters. The molecule has 2 aromatic rings. The van der Waals surface area contributed by atoms with Gasteiger partial charge in [-0.3, -0.25) is 0 Å². The maximum atomic E-state index is 13.4. The molecule has 0 saturated carbocycles. The number of nitrogens with one attached hydrogen (secondary N) is 1. The lowest BCUT2D eigenvalue weighted by atomic mass is 10.1. The fourth-order valence-electron chi connectivity index (χ4n) is 2.15. The minimum atomic E-state index is -0.179. The average molecular weight is 278 g/mol. The van der Waals surface area contributed by atoms with Crippen LogP contribution in [0.1, 0.15) is 17.4 Å². The van der Waals surface area contributed by atoms with Gasteiger partial charge >= 0.3 is 0 Å². The molecule has 4 heteroatoms. The van der Waals surface area contributed by atoms with Gasteiger partial charge in [-0.05, 0) is 49.2 Å². The zero-order valence-corrected chi connectivity index (χ0v) is 12.1. The van der Waals surface area contributed by atoms with Crippen molar-refractivity contribution >= 4 is 17.0 Å². The van der Waals surface area contributed by atoms with E-state index in [1.54, 1.807) is 17.4 Å². The number of thiophene rings is 1. The first-order chi connectivity index (χ1) is 9.24. The van der Waals surface area contributed by atoms with Crippen LogP contribution in [0.15, 0.2) is 35.7 Å². The average Bonchev–Trinajstić information content (AvgIpc) is 2.90. The Labute approximate surface area is 117 Å². The van der Waals surface area contributed by atoms with E-state index >= 15 is 0 Å². The van der Waals surface area contributed by atoms with Gasteiger partial charge < -0.3 is 10.2 Å². The van der Waals surface area contributed by atoms with Crippen molar-refractivity contribution in [3.8, 4) is 0 Å². The van der Waals surface area contributed by atoms with Gasteiger partial charge in [-0.15, -0.1) is 11.3 Å². The molecule has 1 N–H and O–H groups in total. The molecule has 1 aromatic carbocycles. The van der Waals surface area contributed by atoms with Gasteiger partial charge in [-0.1, -0.05) is 6.07 Å². The van der Waals surface area contributed by atoms with Crippen LogP contribution in [-0.2, 0) is 13.1 Å². The highest BCUT2D eigenvalue weighted by Gasteiger charge is 2.11. The molecule has 0 radical (unpaired) electrons. The van der Waals surface area contributed by atoms with Crippen LogP contribution in [0, 0.1) is 5.82 Å². The van der Waals surface area contributed by atoms with Crippen molar-refractivity contribution < 1.29 is 4.39 Å². The van der Waals surface area contributed by atoms with Crippen molar-refractivity contribution in [2.45, 2.75) is 20.0 Å². The molecule has 0 aliphatic heterocycles. The number of halogens is 1.